The number of hydrogen-bond acceptors (Lipinski definition) is 0. The number of unbranched alkanes of at least 4 members (excludes halogenated alkanes) is 3. The number of rotatable bonds is 12. The molecule has 0 spiro atoms. The van der Waals surface area contributed by atoms with Crippen LogP contribution < -0.4 is 12.4 Å². The van der Waals surface area contributed by atoms with Gasteiger partial charge in [-0.2, -0.15) is 0 Å². The van der Waals surface area contributed by atoms with E-state index in [1.807, 2.05) is 0 Å². The van der Waals surface area contributed by atoms with E-state index in [4.69, 9.17) is 0 Å². The van der Waals surface area contributed by atoms with Gasteiger partial charge in [-0.15, -0.1) is 0 Å². The molecule has 23 heavy (non-hydrogen) atoms. The fourth-order valence-corrected chi connectivity index (χ4v) is 7.80. The predicted octanol–water partition coefficient (Wildman–Crippen LogP) is 4.12. The lowest BCUT2D eigenvalue weighted by molar-refractivity contribution is -0.00000482. The molecule has 0 aromatic heterocycles. The SMILES string of the molecule is CCCC[P+](C/C=C/c1ccccc1)(CCCC)CCCC.[Cl-]. The molecule has 1 aromatic carbocycles. The quantitative estimate of drug-likeness (QED) is 0.495. The molecule has 0 aliphatic carbocycles. The van der Waals surface area contributed by atoms with Crippen LogP contribution in [0.25, 0.3) is 6.08 Å². The van der Waals surface area contributed by atoms with Crippen molar-refractivity contribution in [2.75, 3.05) is 24.6 Å². The molecular formula is C21H36ClP. The van der Waals surface area contributed by atoms with Gasteiger partial charge in [-0.3, -0.25) is 0 Å². The van der Waals surface area contributed by atoms with Crippen molar-refractivity contribution in [3.05, 3.63) is 42.0 Å². The average Bonchev–Trinajstić information content (AvgIpc) is 2.57. The van der Waals surface area contributed by atoms with Crippen molar-refractivity contribution >= 4 is 13.3 Å². The third-order valence-corrected chi connectivity index (χ3v) is 9.34. The van der Waals surface area contributed by atoms with Crippen LogP contribution in [0, 0.1) is 0 Å². The van der Waals surface area contributed by atoms with Crippen molar-refractivity contribution < 1.29 is 12.4 Å². The molecule has 132 valence electrons. The summed E-state index contributed by atoms with van der Waals surface area (Å²) < 4.78 is 0. The van der Waals surface area contributed by atoms with Crippen LogP contribution in [0.1, 0.15) is 64.9 Å². The van der Waals surface area contributed by atoms with Crippen LogP contribution in [0.15, 0.2) is 36.4 Å². The third-order valence-electron chi connectivity index (χ3n) is 4.56. The van der Waals surface area contributed by atoms with Crippen LogP contribution in [0.4, 0.5) is 0 Å². The zero-order chi connectivity index (χ0) is 16.1. The summed E-state index contributed by atoms with van der Waals surface area (Å²) in [4.78, 5) is 0. The smallest absolute Gasteiger partial charge is 0.0776 e. The van der Waals surface area contributed by atoms with Crippen molar-refractivity contribution in [2.45, 2.75) is 59.3 Å². The first-order valence-corrected chi connectivity index (χ1v) is 11.9. The molecule has 0 unspecified atom stereocenters. The molecule has 0 bridgehead atoms. The summed E-state index contributed by atoms with van der Waals surface area (Å²) in [5.41, 5.74) is 1.35. The highest BCUT2D eigenvalue weighted by Crippen LogP contribution is 2.60. The second-order valence-corrected chi connectivity index (χ2v) is 11.0. The molecule has 0 radical (unpaired) electrons. The van der Waals surface area contributed by atoms with Crippen LogP contribution in [0.5, 0.6) is 0 Å². The Balaban J connectivity index is 0.00000484. The lowest BCUT2D eigenvalue weighted by atomic mass is 10.2. The van der Waals surface area contributed by atoms with Crippen LogP contribution in [0.3, 0.4) is 0 Å². The predicted molar refractivity (Wildman–Crippen MR) is 107 cm³/mol. The molecule has 0 N–H and O–H groups in total. The number of hydrogen-bond donors (Lipinski definition) is 0. The van der Waals surface area contributed by atoms with Gasteiger partial charge in [0, 0.05) is 7.26 Å². The van der Waals surface area contributed by atoms with Crippen molar-refractivity contribution in [2.24, 2.45) is 0 Å². The summed E-state index contributed by atoms with van der Waals surface area (Å²) in [5, 5.41) is 0. The van der Waals surface area contributed by atoms with E-state index in [2.05, 4.69) is 63.3 Å². The fraction of sp³-hybridized carbons (Fsp3) is 0.619. The summed E-state index contributed by atoms with van der Waals surface area (Å²) in [6.45, 7) is 7.02. The van der Waals surface area contributed by atoms with Crippen LogP contribution in [0.2, 0.25) is 0 Å². The lowest BCUT2D eigenvalue weighted by Gasteiger charge is -2.26. The van der Waals surface area contributed by atoms with Crippen LogP contribution in [-0.2, 0) is 0 Å². The largest absolute Gasteiger partial charge is 1.00 e. The molecule has 2 heteroatoms. The van der Waals surface area contributed by atoms with E-state index in [-0.39, 0.29) is 12.4 Å². The molecule has 0 aliphatic rings. The van der Waals surface area contributed by atoms with Gasteiger partial charge in [0.1, 0.15) is 0 Å². The second-order valence-electron chi connectivity index (χ2n) is 6.57. The number of halogens is 1. The van der Waals surface area contributed by atoms with E-state index in [9.17, 15) is 0 Å². The Labute approximate surface area is 151 Å². The van der Waals surface area contributed by atoms with Gasteiger partial charge >= 0.3 is 0 Å². The highest BCUT2D eigenvalue weighted by molar-refractivity contribution is 7.76. The molecule has 0 nitrogen and oxygen atoms in total. The van der Waals surface area contributed by atoms with Gasteiger partial charge in [0.25, 0.3) is 0 Å². The molecule has 0 heterocycles. The van der Waals surface area contributed by atoms with E-state index >= 15 is 0 Å². The summed E-state index contributed by atoms with van der Waals surface area (Å²) >= 11 is 0. The van der Waals surface area contributed by atoms with E-state index < -0.39 is 7.26 Å². The highest BCUT2D eigenvalue weighted by atomic mass is 35.5. The number of benzene rings is 1. The molecule has 0 fully saturated rings. The Morgan fingerprint density at radius 3 is 1.70 bits per heavy atom. The minimum Gasteiger partial charge on any atom is -1.00 e. The molecule has 0 amide bonds. The Kier molecular flexibility index (Phi) is 13.9. The number of allylic oxidation sites excluding steroid dienone is 1. The molecule has 0 atom stereocenters. The fourth-order valence-electron chi connectivity index (χ4n) is 3.07. The van der Waals surface area contributed by atoms with Crippen LogP contribution in [-0.4, -0.2) is 24.6 Å². The Bertz CT molecular complexity index is 378. The van der Waals surface area contributed by atoms with Crippen molar-refractivity contribution in [3.63, 3.8) is 0 Å². The topological polar surface area (TPSA) is 0 Å². The first kappa shape index (κ1) is 22.7. The molecule has 0 aliphatic heterocycles. The highest BCUT2D eigenvalue weighted by Gasteiger charge is 2.33. The molecular weight excluding hydrogens is 319 g/mol. The molecule has 1 aromatic rings. The van der Waals surface area contributed by atoms with Gasteiger partial charge in [0.2, 0.25) is 0 Å². The summed E-state index contributed by atoms with van der Waals surface area (Å²) in [6.07, 6.45) is 19.1. The minimum absolute atomic E-state index is 0. The average molecular weight is 355 g/mol. The van der Waals surface area contributed by atoms with Gasteiger partial charge < -0.3 is 12.4 Å². The van der Waals surface area contributed by atoms with Crippen molar-refractivity contribution in [1.29, 1.82) is 0 Å². The summed E-state index contributed by atoms with van der Waals surface area (Å²) in [6, 6.07) is 10.8. The van der Waals surface area contributed by atoms with Gasteiger partial charge in [-0.05, 0) is 30.9 Å². The monoisotopic (exact) mass is 354 g/mol. The third kappa shape index (κ3) is 9.53. The Hall–Kier alpha value is -0.320. The van der Waals surface area contributed by atoms with Gasteiger partial charge in [-0.25, -0.2) is 0 Å². The van der Waals surface area contributed by atoms with E-state index in [0.29, 0.717) is 0 Å². The minimum atomic E-state index is -0.769. The van der Waals surface area contributed by atoms with Gasteiger partial charge in [0.05, 0.1) is 24.6 Å². The summed E-state index contributed by atoms with van der Waals surface area (Å²) in [7, 11) is -0.769. The van der Waals surface area contributed by atoms with Crippen molar-refractivity contribution in [3.8, 4) is 0 Å². The van der Waals surface area contributed by atoms with Crippen molar-refractivity contribution in [1.82, 2.24) is 0 Å². The first-order chi connectivity index (χ1) is 10.8. The first-order valence-electron chi connectivity index (χ1n) is 9.33. The molecule has 0 saturated carbocycles. The van der Waals surface area contributed by atoms with Crippen LogP contribution >= 0.6 is 7.26 Å². The van der Waals surface area contributed by atoms with E-state index in [1.54, 1.807) is 0 Å². The lowest BCUT2D eigenvalue weighted by Crippen LogP contribution is -3.00. The molecule has 1 rings (SSSR count). The normalized spacial score (nSPS) is 11.6. The Morgan fingerprint density at radius 1 is 0.783 bits per heavy atom. The summed E-state index contributed by atoms with van der Waals surface area (Å²) in [5.74, 6) is 0. The Morgan fingerprint density at radius 2 is 1.26 bits per heavy atom. The van der Waals surface area contributed by atoms with Gasteiger partial charge in [0.15, 0.2) is 0 Å². The maximum atomic E-state index is 2.49. The second kappa shape index (κ2) is 14.1. The van der Waals surface area contributed by atoms with E-state index in [1.165, 1.54) is 68.7 Å². The zero-order valence-corrected chi connectivity index (χ0v) is 17.1. The zero-order valence-electron chi connectivity index (χ0n) is 15.4. The standard InChI is InChI=1S/C21H36P.ClH/c1-4-7-17-22(18-8-5-2,19-9-6-3)20-13-16-21-14-11-10-12-15-21;/h10-16H,4-9,17-20H2,1-3H3;1H/q+1;/p-1/b16-13+;. The maximum absolute atomic E-state index is 2.49. The maximum Gasteiger partial charge on any atom is 0.0776 e. The van der Waals surface area contributed by atoms with Gasteiger partial charge in [-0.1, -0.05) is 76.4 Å². The van der Waals surface area contributed by atoms with E-state index in [0.717, 1.165) is 0 Å². The molecule has 0 saturated heterocycles.